The molecule has 0 radical (unpaired) electrons. The quantitative estimate of drug-likeness (QED) is 0.154. The van der Waals surface area contributed by atoms with Gasteiger partial charge in [0.05, 0.1) is 59.2 Å². The number of aryl methyl sites for hydroxylation is 1. The van der Waals surface area contributed by atoms with Gasteiger partial charge < -0.3 is 18.3 Å². The molecule has 0 aliphatic heterocycles. The van der Waals surface area contributed by atoms with Crippen molar-refractivity contribution in [3.05, 3.63) is 194 Å². The van der Waals surface area contributed by atoms with Gasteiger partial charge in [0.15, 0.2) is 11.5 Å². The third-order valence-electron chi connectivity index (χ3n) is 9.99. The van der Waals surface area contributed by atoms with E-state index in [-0.39, 0.29) is 11.6 Å². The third kappa shape index (κ3) is 8.23. The molecule has 11 rings (SSSR count). The molecule has 0 N–H and O–H groups in total. The van der Waals surface area contributed by atoms with Gasteiger partial charge in [0, 0.05) is 22.3 Å². The highest BCUT2D eigenvalue weighted by Crippen LogP contribution is 2.35. The van der Waals surface area contributed by atoms with Crippen LogP contribution in [0.25, 0.3) is 78.3 Å². The van der Waals surface area contributed by atoms with Crippen molar-refractivity contribution in [2.75, 3.05) is 7.11 Å². The Kier molecular flexibility index (Phi) is 11.0. The van der Waals surface area contributed by atoms with Crippen LogP contribution in [0.4, 0.5) is 8.78 Å². The summed E-state index contributed by atoms with van der Waals surface area (Å²) in [5.41, 5.74) is 10.0. The van der Waals surface area contributed by atoms with E-state index in [4.69, 9.17) is 13.8 Å². The number of hydrogen-bond acceptors (Lipinski definition) is 9. The normalized spacial score (nSPS) is 10.9. The molecule has 0 bridgehead atoms. The highest BCUT2D eigenvalue weighted by Gasteiger charge is 2.16. The molecule has 0 aliphatic rings. The van der Waals surface area contributed by atoms with Crippen LogP contribution in [0.3, 0.4) is 0 Å². The van der Waals surface area contributed by atoms with Gasteiger partial charge in [-0.2, -0.15) is 10.2 Å². The van der Waals surface area contributed by atoms with Crippen molar-refractivity contribution in [3.63, 3.8) is 0 Å². The van der Waals surface area contributed by atoms with Crippen molar-refractivity contribution in [3.8, 4) is 62.3 Å². The zero-order valence-corrected chi connectivity index (χ0v) is 33.3. The van der Waals surface area contributed by atoms with Crippen LogP contribution in [0.15, 0.2) is 190 Å². The van der Waals surface area contributed by atoms with Crippen LogP contribution >= 0.6 is 0 Å². The molecule has 62 heavy (non-hydrogen) atoms. The van der Waals surface area contributed by atoms with Gasteiger partial charge in [-0.1, -0.05) is 45.3 Å². The summed E-state index contributed by atoms with van der Waals surface area (Å²) in [4.78, 5) is 0. The highest BCUT2D eigenvalue weighted by atomic mass is 19.1. The Morgan fingerprint density at radius 1 is 0.516 bits per heavy atom. The topological polar surface area (TPSA) is 123 Å². The molecule has 5 aromatic heterocycles. The molecular weight excluding hydrogens is 789 g/mol. The molecule has 11 nitrogen and oxygen atoms in total. The van der Waals surface area contributed by atoms with Crippen molar-refractivity contribution >= 4 is 21.8 Å². The number of halogens is 2. The molecule has 304 valence electrons. The summed E-state index contributed by atoms with van der Waals surface area (Å²) in [6.07, 6.45) is 6.61. The summed E-state index contributed by atoms with van der Waals surface area (Å²) in [6.45, 7) is 2.06. The number of ether oxygens (including phenoxy) is 1. The van der Waals surface area contributed by atoms with E-state index in [1.165, 1.54) is 36.1 Å². The van der Waals surface area contributed by atoms with Crippen LogP contribution in [-0.4, -0.2) is 42.1 Å². The van der Waals surface area contributed by atoms with Crippen LogP contribution in [0.2, 0.25) is 0 Å². The zero-order chi connectivity index (χ0) is 42.4. The van der Waals surface area contributed by atoms with E-state index in [9.17, 15) is 8.78 Å². The van der Waals surface area contributed by atoms with Crippen molar-refractivity contribution in [2.24, 2.45) is 0 Å². The Balaban J connectivity index is 0.000000142. The minimum absolute atomic E-state index is 0.280. The van der Waals surface area contributed by atoms with E-state index in [2.05, 4.69) is 49.2 Å². The Morgan fingerprint density at radius 3 is 1.44 bits per heavy atom. The molecule has 0 spiro atoms. The second-order valence-corrected chi connectivity index (χ2v) is 14.0. The fourth-order valence-corrected chi connectivity index (χ4v) is 6.86. The van der Waals surface area contributed by atoms with Gasteiger partial charge in [0.1, 0.15) is 34.7 Å². The lowest BCUT2D eigenvalue weighted by molar-refractivity contribution is 0.414. The largest absolute Gasteiger partial charge is 0.497 e. The van der Waals surface area contributed by atoms with E-state index in [1.54, 1.807) is 60.7 Å². The summed E-state index contributed by atoms with van der Waals surface area (Å²) in [6, 6.07) is 45.8. The lowest BCUT2D eigenvalue weighted by atomic mass is 10.0. The number of rotatable bonds is 7. The maximum absolute atomic E-state index is 13.3. The fourth-order valence-electron chi connectivity index (χ4n) is 6.86. The molecular formula is C49H35F2N7O4. The van der Waals surface area contributed by atoms with Crippen molar-refractivity contribution in [2.45, 2.75) is 6.92 Å². The van der Waals surface area contributed by atoms with Crippen molar-refractivity contribution < 1.29 is 27.1 Å². The summed E-state index contributed by atoms with van der Waals surface area (Å²) in [5.74, 6) is 1.53. The highest BCUT2D eigenvalue weighted by molar-refractivity contribution is 5.95. The molecule has 13 heteroatoms. The van der Waals surface area contributed by atoms with E-state index >= 15 is 0 Å². The molecule has 0 amide bonds. The standard InChI is InChI=1S/C23H16FN3O2.C23H16FN3O.C3H3NO/c1-28-19-9-2-15(3-10-19)23-20-14-16(4-11-21(20)26-29-23)22-12-13-25-27(22)18-7-5-17(24)6-8-18;1-15-2-9-19(10-3-15)27-22(12-13-25-27)17-6-11-21-20(14-17)23(28-26-21)16-4-7-18(24)8-5-16;1-2-4-5-3-1/h2-14H,1H3;2-14H,1H3;1-3H. The van der Waals surface area contributed by atoms with Gasteiger partial charge in [0.2, 0.25) is 0 Å². The number of aromatic nitrogens is 7. The predicted octanol–water partition coefficient (Wildman–Crippen LogP) is 12.0. The monoisotopic (exact) mass is 823 g/mol. The summed E-state index contributed by atoms with van der Waals surface area (Å²) >= 11 is 0. The van der Waals surface area contributed by atoms with Crippen LogP contribution < -0.4 is 4.74 Å². The van der Waals surface area contributed by atoms with Gasteiger partial charge >= 0.3 is 0 Å². The van der Waals surface area contributed by atoms with Crippen LogP contribution in [0, 0.1) is 18.6 Å². The summed E-state index contributed by atoms with van der Waals surface area (Å²) < 4.78 is 51.0. The van der Waals surface area contributed by atoms with E-state index in [0.717, 1.165) is 72.6 Å². The van der Waals surface area contributed by atoms with E-state index in [1.807, 2.05) is 89.6 Å². The van der Waals surface area contributed by atoms with Gasteiger partial charge in [-0.15, -0.1) is 0 Å². The maximum Gasteiger partial charge on any atom is 0.174 e. The Bertz CT molecular complexity index is 3170. The number of methoxy groups -OCH3 is 1. The average molecular weight is 824 g/mol. The van der Waals surface area contributed by atoms with Gasteiger partial charge in [-0.3, -0.25) is 0 Å². The molecule has 0 saturated carbocycles. The van der Waals surface area contributed by atoms with Crippen LogP contribution in [0.1, 0.15) is 5.56 Å². The van der Waals surface area contributed by atoms with Crippen LogP contribution in [0.5, 0.6) is 5.75 Å². The Hall–Kier alpha value is -8.45. The molecule has 0 aliphatic carbocycles. The maximum atomic E-state index is 13.3. The minimum atomic E-state index is -0.282. The zero-order valence-electron chi connectivity index (χ0n) is 33.3. The first-order valence-electron chi connectivity index (χ1n) is 19.4. The van der Waals surface area contributed by atoms with Gasteiger partial charge in [0.25, 0.3) is 0 Å². The number of benzene rings is 6. The van der Waals surface area contributed by atoms with E-state index < -0.39 is 0 Å². The molecule has 0 fully saturated rings. The first-order valence-corrected chi connectivity index (χ1v) is 19.4. The number of nitrogens with zero attached hydrogens (tertiary/aromatic N) is 7. The third-order valence-corrected chi connectivity index (χ3v) is 9.99. The molecule has 5 heterocycles. The average Bonchev–Trinajstić information content (AvgIpc) is 4.18. The summed E-state index contributed by atoms with van der Waals surface area (Å²) in [5, 5.41) is 22.3. The summed E-state index contributed by atoms with van der Waals surface area (Å²) in [7, 11) is 1.63. The lowest BCUT2D eigenvalue weighted by Crippen LogP contribution is -1.98. The lowest BCUT2D eigenvalue weighted by Gasteiger charge is -2.08. The van der Waals surface area contributed by atoms with E-state index in [0.29, 0.717) is 11.5 Å². The first-order chi connectivity index (χ1) is 30.4. The molecule has 0 saturated heterocycles. The van der Waals surface area contributed by atoms with Gasteiger partial charge in [-0.25, -0.2) is 18.1 Å². The second kappa shape index (κ2) is 17.4. The predicted molar refractivity (Wildman–Crippen MR) is 232 cm³/mol. The molecule has 11 aromatic rings. The molecule has 6 aromatic carbocycles. The van der Waals surface area contributed by atoms with Crippen molar-refractivity contribution in [1.82, 2.24) is 35.0 Å². The smallest absolute Gasteiger partial charge is 0.174 e. The number of fused-ring (bicyclic) bond motifs is 2. The second-order valence-electron chi connectivity index (χ2n) is 14.0. The fraction of sp³-hybridized carbons (Fsp3) is 0.0408. The van der Waals surface area contributed by atoms with Crippen molar-refractivity contribution in [1.29, 1.82) is 0 Å². The Labute approximate surface area is 353 Å². The molecule has 0 atom stereocenters. The first kappa shape index (κ1) is 39.0. The SMILES string of the molecule is COc1ccc(-c2onc3ccc(-c4ccnn4-c4ccc(F)cc4)cc23)cc1.Cc1ccc(-n2nccc2-c2ccc3noc(-c4ccc(F)cc4)c3c2)cc1.c1cnoc1. The van der Waals surface area contributed by atoms with Crippen LogP contribution in [-0.2, 0) is 0 Å². The number of hydrogen-bond donors (Lipinski definition) is 0. The minimum Gasteiger partial charge on any atom is -0.497 e. The van der Waals surface area contributed by atoms with Gasteiger partial charge in [-0.05, 0) is 134 Å². The molecule has 0 unspecified atom stereocenters. The Morgan fingerprint density at radius 2 is 0.984 bits per heavy atom.